The maximum absolute atomic E-state index is 13.1. The molecule has 4 aliphatic rings. The van der Waals surface area contributed by atoms with Gasteiger partial charge in [0.25, 0.3) is 0 Å². The molecular formula is C21H30O4. The van der Waals surface area contributed by atoms with Crippen molar-refractivity contribution in [3.05, 3.63) is 0 Å². The van der Waals surface area contributed by atoms with E-state index in [1.54, 1.807) is 0 Å². The average Bonchev–Trinajstić information content (AvgIpc) is 2.84. The van der Waals surface area contributed by atoms with Crippen LogP contribution in [0.1, 0.15) is 72.1 Å². The fourth-order valence-electron chi connectivity index (χ4n) is 7.01. The monoisotopic (exact) mass is 346 g/mol. The summed E-state index contributed by atoms with van der Waals surface area (Å²) in [5.41, 5.74) is -0.100. The van der Waals surface area contributed by atoms with Crippen LogP contribution in [0.15, 0.2) is 0 Å². The Kier molecular flexibility index (Phi) is 3.90. The lowest BCUT2D eigenvalue weighted by Crippen LogP contribution is -2.57. The van der Waals surface area contributed by atoms with Gasteiger partial charge in [0, 0.05) is 31.1 Å². The lowest BCUT2D eigenvalue weighted by Gasteiger charge is -2.59. The first-order valence-corrected chi connectivity index (χ1v) is 9.99. The first-order valence-electron chi connectivity index (χ1n) is 9.99. The molecule has 0 spiro atoms. The van der Waals surface area contributed by atoms with Crippen molar-refractivity contribution in [3.8, 4) is 0 Å². The molecule has 4 saturated carbocycles. The van der Waals surface area contributed by atoms with Crippen LogP contribution in [-0.4, -0.2) is 23.6 Å². The molecule has 4 heteroatoms. The highest BCUT2D eigenvalue weighted by Crippen LogP contribution is 2.64. The van der Waals surface area contributed by atoms with Gasteiger partial charge in [-0.25, -0.2) is 0 Å². The molecule has 0 N–H and O–H groups in total. The molecular weight excluding hydrogens is 316 g/mol. The van der Waals surface area contributed by atoms with Crippen LogP contribution < -0.4 is 0 Å². The first-order chi connectivity index (χ1) is 11.8. The molecule has 0 aliphatic heterocycles. The van der Waals surface area contributed by atoms with E-state index in [2.05, 4.69) is 13.8 Å². The number of hydrogen-bond acceptors (Lipinski definition) is 4. The normalized spacial score (nSPS) is 49.2. The number of carbonyl (C=O) groups is 3. The summed E-state index contributed by atoms with van der Waals surface area (Å²) in [5, 5.41) is 0. The molecule has 0 amide bonds. The summed E-state index contributed by atoms with van der Waals surface area (Å²) in [6, 6.07) is 0. The van der Waals surface area contributed by atoms with E-state index >= 15 is 0 Å². The van der Waals surface area contributed by atoms with E-state index in [1.165, 1.54) is 6.92 Å². The highest BCUT2D eigenvalue weighted by molar-refractivity contribution is 5.90. The zero-order valence-electron chi connectivity index (χ0n) is 15.7. The quantitative estimate of drug-likeness (QED) is 0.679. The summed E-state index contributed by atoms with van der Waals surface area (Å²) in [6.45, 7) is 5.95. The molecule has 0 aromatic heterocycles. The molecule has 0 heterocycles. The van der Waals surface area contributed by atoms with Gasteiger partial charge < -0.3 is 4.74 Å². The number of rotatable bonds is 1. The van der Waals surface area contributed by atoms with Crippen LogP contribution in [0.5, 0.6) is 0 Å². The van der Waals surface area contributed by atoms with Crippen LogP contribution in [0, 0.1) is 34.5 Å². The van der Waals surface area contributed by atoms with Gasteiger partial charge in [-0.1, -0.05) is 13.8 Å². The minimum atomic E-state index is -0.255. The van der Waals surface area contributed by atoms with Gasteiger partial charge in [0.15, 0.2) is 0 Å². The van der Waals surface area contributed by atoms with Gasteiger partial charge in [-0.3, -0.25) is 14.4 Å². The third kappa shape index (κ3) is 2.43. The number of carbonyl (C=O) groups excluding carboxylic acids is 3. The Balaban J connectivity index is 1.60. The van der Waals surface area contributed by atoms with Crippen LogP contribution in [0.3, 0.4) is 0 Å². The summed E-state index contributed by atoms with van der Waals surface area (Å²) in [6.07, 6.45) is 6.85. The second-order valence-corrected chi connectivity index (χ2v) is 9.54. The van der Waals surface area contributed by atoms with Crippen molar-refractivity contribution in [1.29, 1.82) is 0 Å². The molecule has 0 radical (unpaired) electrons. The molecule has 4 rings (SSSR count). The van der Waals surface area contributed by atoms with Crippen LogP contribution in [0.4, 0.5) is 0 Å². The van der Waals surface area contributed by atoms with Crippen molar-refractivity contribution in [3.63, 3.8) is 0 Å². The summed E-state index contributed by atoms with van der Waals surface area (Å²) < 4.78 is 5.46. The predicted molar refractivity (Wildman–Crippen MR) is 92.7 cm³/mol. The number of hydrogen-bond donors (Lipinski definition) is 0. The van der Waals surface area contributed by atoms with Gasteiger partial charge in [-0.05, 0) is 61.7 Å². The van der Waals surface area contributed by atoms with Gasteiger partial charge in [0.2, 0.25) is 0 Å². The Bertz CT molecular complexity index is 625. The third-order valence-corrected chi connectivity index (χ3v) is 8.46. The molecule has 138 valence electrons. The van der Waals surface area contributed by atoms with Crippen molar-refractivity contribution in [2.75, 3.05) is 0 Å². The lowest BCUT2D eigenvalue weighted by atomic mass is 9.45. The number of ether oxygens (including phenoxy) is 1. The highest BCUT2D eigenvalue weighted by atomic mass is 16.5. The Labute approximate surface area is 150 Å². The molecule has 7 atom stereocenters. The van der Waals surface area contributed by atoms with Crippen molar-refractivity contribution < 1.29 is 19.1 Å². The number of Topliss-reactive ketones (excluding diaryl/α,β-unsaturated/α-hetero) is 2. The van der Waals surface area contributed by atoms with Gasteiger partial charge in [-0.2, -0.15) is 0 Å². The number of fused-ring (bicyclic) bond motifs is 5. The van der Waals surface area contributed by atoms with E-state index in [9.17, 15) is 14.4 Å². The molecule has 0 aromatic carbocycles. The molecule has 0 bridgehead atoms. The molecule has 25 heavy (non-hydrogen) atoms. The summed E-state index contributed by atoms with van der Waals surface area (Å²) in [4.78, 5) is 36.9. The number of esters is 1. The van der Waals surface area contributed by atoms with E-state index < -0.39 is 0 Å². The molecule has 4 nitrogen and oxygen atoms in total. The van der Waals surface area contributed by atoms with E-state index in [0.717, 1.165) is 38.5 Å². The lowest BCUT2D eigenvalue weighted by molar-refractivity contribution is -0.166. The van der Waals surface area contributed by atoms with Gasteiger partial charge in [0.1, 0.15) is 17.7 Å². The highest BCUT2D eigenvalue weighted by Gasteiger charge is 2.62. The Hall–Kier alpha value is -1.19. The molecule has 0 saturated heterocycles. The van der Waals surface area contributed by atoms with Crippen molar-refractivity contribution in [2.24, 2.45) is 34.5 Å². The minimum absolute atomic E-state index is 0.0261. The summed E-state index contributed by atoms with van der Waals surface area (Å²) in [5.74, 6) is 1.61. The van der Waals surface area contributed by atoms with E-state index in [0.29, 0.717) is 36.2 Å². The second kappa shape index (κ2) is 5.65. The number of ketones is 2. The Morgan fingerprint density at radius 2 is 1.84 bits per heavy atom. The van der Waals surface area contributed by atoms with Crippen LogP contribution >= 0.6 is 0 Å². The third-order valence-electron chi connectivity index (χ3n) is 8.46. The zero-order chi connectivity index (χ0) is 18.0. The fraction of sp³-hybridized carbons (Fsp3) is 0.857. The van der Waals surface area contributed by atoms with Crippen molar-refractivity contribution in [1.82, 2.24) is 0 Å². The zero-order valence-corrected chi connectivity index (χ0v) is 15.7. The second-order valence-electron chi connectivity index (χ2n) is 9.54. The average molecular weight is 346 g/mol. The molecule has 0 unspecified atom stereocenters. The van der Waals surface area contributed by atoms with Gasteiger partial charge in [0.05, 0.1) is 0 Å². The van der Waals surface area contributed by atoms with Gasteiger partial charge >= 0.3 is 5.97 Å². The Morgan fingerprint density at radius 1 is 1.08 bits per heavy atom. The maximum Gasteiger partial charge on any atom is 0.302 e. The SMILES string of the molecule is CC(=O)O[C@@H]1CC[C@@]2(C)[C@@H](CC(=O)[C@@H]3[C@@H]2CC[C@]2(C)C(=O)CC[C@@H]32)C1. The fourth-order valence-corrected chi connectivity index (χ4v) is 7.01. The maximum atomic E-state index is 13.1. The molecule has 4 fully saturated rings. The summed E-state index contributed by atoms with van der Waals surface area (Å²) >= 11 is 0. The first kappa shape index (κ1) is 17.2. The minimum Gasteiger partial charge on any atom is -0.463 e. The van der Waals surface area contributed by atoms with Crippen molar-refractivity contribution in [2.45, 2.75) is 78.2 Å². The largest absolute Gasteiger partial charge is 0.463 e. The van der Waals surface area contributed by atoms with Crippen LogP contribution in [-0.2, 0) is 19.1 Å². The molecule has 4 aliphatic carbocycles. The van der Waals surface area contributed by atoms with Crippen molar-refractivity contribution >= 4 is 17.5 Å². The van der Waals surface area contributed by atoms with E-state index in [1.807, 2.05) is 0 Å². The Morgan fingerprint density at radius 3 is 2.56 bits per heavy atom. The molecule has 0 aromatic rings. The van der Waals surface area contributed by atoms with E-state index in [-0.39, 0.29) is 34.7 Å². The van der Waals surface area contributed by atoms with Crippen LogP contribution in [0.2, 0.25) is 0 Å². The van der Waals surface area contributed by atoms with Crippen LogP contribution in [0.25, 0.3) is 0 Å². The topological polar surface area (TPSA) is 60.4 Å². The standard InChI is InChI=1S/C21H30O4/c1-12(22)25-14-6-8-20(2)13(10-14)11-17(23)19-15-4-5-18(24)21(15,3)9-7-16(19)20/h13-16,19H,4-11H2,1-3H3/t13-,14-,15+,16+,19+,20+,21+/m1/s1. The van der Waals surface area contributed by atoms with Gasteiger partial charge in [-0.15, -0.1) is 0 Å². The smallest absolute Gasteiger partial charge is 0.302 e. The summed E-state index contributed by atoms with van der Waals surface area (Å²) in [7, 11) is 0. The van der Waals surface area contributed by atoms with E-state index in [4.69, 9.17) is 4.74 Å². The predicted octanol–water partition coefficient (Wildman–Crippen LogP) is 3.71.